The van der Waals surface area contributed by atoms with Crippen LogP contribution in [0.1, 0.15) is 13.8 Å². The summed E-state index contributed by atoms with van der Waals surface area (Å²) in [6, 6.07) is 8.94. The summed E-state index contributed by atoms with van der Waals surface area (Å²) in [7, 11) is -3.61. The Balaban J connectivity index is 2.49. The van der Waals surface area contributed by atoms with Crippen molar-refractivity contribution in [3.8, 4) is 0 Å². The molecule has 124 valence electrons. The molecule has 0 saturated heterocycles. The van der Waals surface area contributed by atoms with E-state index in [0.717, 1.165) is 15.9 Å². The molecule has 0 aliphatic heterocycles. The Hall–Kier alpha value is -2.15. The first-order chi connectivity index (χ1) is 10.9. The van der Waals surface area contributed by atoms with Crippen molar-refractivity contribution in [2.24, 2.45) is 0 Å². The molecule has 6 nitrogen and oxygen atoms in total. The van der Waals surface area contributed by atoms with Crippen molar-refractivity contribution < 1.29 is 13.2 Å². The maximum atomic E-state index is 12.4. The van der Waals surface area contributed by atoms with Crippen molar-refractivity contribution in [3.63, 3.8) is 0 Å². The van der Waals surface area contributed by atoms with Gasteiger partial charge in [-0.2, -0.15) is 0 Å². The highest BCUT2D eigenvalue weighted by Gasteiger charge is 2.24. The van der Waals surface area contributed by atoms with Crippen LogP contribution >= 0.6 is 0 Å². The molecule has 2 aromatic rings. The van der Waals surface area contributed by atoms with Crippen molar-refractivity contribution in [2.45, 2.75) is 13.8 Å². The van der Waals surface area contributed by atoms with Crippen LogP contribution in [0, 0.1) is 0 Å². The van der Waals surface area contributed by atoms with E-state index >= 15 is 0 Å². The van der Waals surface area contributed by atoms with Crippen LogP contribution in [0.15, 0.2) is 36.5 Å². The standard InChI is InChI=1S/C16H21N3O3S/c1-4-18(5-2)15(20)12-19(23(3,21)22)14-10-6-8-13-9-7-11-17-16(13)14/h6-11H,4-5,12H2,1-3H3. The highest BCUT2D eigenvalue weighted by molar-refractivity contribution is 7.92. The molecule has 1 amide bonds. The van der Waals surface area contributed by atoms with E-state index in [0.29, 0.717) is 24.3 Å². The maximum Gasteiger partial charge on any atom is 0.243 e. The van der Waals surface area contributed by atoms with E-state index in [1.807, 2.05) is 26.0 Å². The summed E-state index contributed by atoms with van der Waals surface area (Å²) >= 11 is 0. The molecular formula is C16H21N3O3S. The molecule has 1 aromatic heterocycles. The SMILES string of the molecule is CCN(CC)C(=O)CN(c1cccc2cccnc12)S(C)(=O)=O. The van der Waals surface area contributed by atoms with Crippen LogP contribution in [-0.2, 0) is 14.8 Å². The normalized spacial score (nSPS) is 11.4. The molecule has 0 aliphatic rings. The van der Waals surface area contributed by atoms with Gasteiger partial charge < -0.3 is 4.90 Å². The minimum Gasteiger partial charge on any atom is -0.342 e. The molecular weight excluding hydrogens is 314 g/mol. The summed E-state index contributed by atoms with van der Waals surface area (Å²) in [4.78, 5) is 18.3. The zero-order valence-electron chi connectivity index (χ0n) is 13.6. The average Bonchev–Trinajstić information content (AvgIpc) is 2.52. The van der Waals surface area contributed by atoms with E-state index in [1.54, 1.807) is 29.3 Å². The lowest BCUT2D eigenvalue weighted by Crippen LogP contribution is -2.42. The molecule has 0 atom stereocenters. The second-order valence-corrected chi connectivity index (χ2v) is 7.09. The largest absolute Gasteiger partial charge is 0.342 e. The predicted molar refractivity (Wildman–Crippen MR) is 91.9 cm³/mol. The van der Waals surface area contributed by atoms with Crippen molar-refractivity contribution in [2.75, 3.05) is 30.2 Å². The number of carbonyl (C=O) groups excluding carboxylic acids is 1. The predicted octanol–water partition coefficient (Wildman–Crippen LogP) is 1.87. The van der Waals surface area contributed by atoms with Crippen LogP contribution in [0.2, 0.25) is 0 Å². The number of para-hydroxylation sites is 1. The lowest BCUT2D eigenvalue weighted by Gasteiger charge is -2.26. The first kappa shape index (κ1) is 17.2. The lowest BCUT2D eigenvalue weighted by atomic mass is 10.2. The lowest BCUT2D eigenvalue weighted by molar-refractivity contribution is -0.129. The van der Waals surface area contributed by atoms with E-state index < -0.39 is 10.0 Å². The molecule has 7 heteroatoms. The summed E-state index contributed by atoms with van der Waals surface area (Å²) < 4.78 is 25.6. The number of nitrogens with zero attached hydrogens (tertiary/aromatic N) is 3. The van der Waals surface area contributed by atoms with Gasteiger partial charge in [0, 0.05) is 24.7 Å². The fraction of sp³-hybridized carbons (Fsp3) is 0.375. The monoisotopic (exact) mass is 335 g/mol. The Labute approximate surface area is 136 Å². The van der Waals surface area contributed by atoms with Gasteiger partial charge in [0.25, 0.3) is 0 Å². The number of amides is 1. The molecule has 0 aliphatic carbocycles. The fourth-order valence-electron chi connectivity index (χ4n) is 2.47. The molecule has 1 aromatic carbocycles. The molecule has 0 bridgehead atoms. The van der Waals surface area contributed by atoms with Crippen LogP contribution < -0.4 is 4.31 Å². The number of aromatic nitrogens is 1. The van der Waals surface area contributed by atoms with Gasteiger partial charge in [-0.25, -0.2) is 8.42 Å². The maximum absolute atomic E-state index is 12.4. The Morgan fingerprint density at radius 2 is 1.78 bits per heavy atom. The molecule has 0 N–H and O–H groups in total. The first-order valence-corrected chi connectivity index (χ1v) is 9.32. The van der Waals surface area contributed by atoms with Crippen LogP contribution in [-0.4, -0.2) is 50.1 Å². The van der Waals surface area contributed by atoms with Crippen molar-refractivity contribution in [1.29, 1.82) is 0 Å². The van der Waals surface area contributed by atoms with Gasteiger partial charge in [-0.3, -0.25) is 14.1 Å². The zero-order valence-corrected chi connectivity index (χ0v) is 14.4. The van der Waals surface area contributed by atoms with E-state index in [4.69, 9.17) is 0 Å². The summed E-state index contributed by atoms with van der Waals surface area (Å²) in [5.74, 6) is -0.228. The van der Waals surface area contributed by atoms with Gasteiger partial charge in [0.15, 0.2) is 0 Å². The smallest absolute Gasteiger partial charge is 0.243 e. The third-order valence-corrected chi connectivity index (χ3v) is 4.80. The highest BCUT2D eigenvalue weighted by atomic mass is 32.2. The quantitative estimate of drug-likeness (QED) is 0.808. The number of sulfonamides is 1. The van der Waals surface area contributed by atoms with Gasteiger partial charge >= 0.3 is 0 Å². The minimum absolute atomic E-state index is 0.226. The van der Waals surface area contributed by atoms with Crippen LogP contribution in [0.4, 0.5) is 5.69 Å². The van der Waals surface area contributed by atoms with E-state index in [-0.39, 0.29) is 12.5 Å². The second-order valence-electron chi connectivity index (χ2n) is 5.19. The zero-order chi connectivity index (χ0) is 17.0. The number of carbonyl (C=O) groups is 1. The molecule has 0 spiro atoms. The fourth-order valence-corrected chi connectivity index (χ4v) is 3.32. The number of hydrogen-bond donors (Lipinski definition) is 0. The Kier molecular flexibility index (Phi) is 5.20. The number of rotatable bonds is 6. The van der Waals surface area contributed by atoms with Gasteiger partial charge in [0.2, 0.25) is 15.9 Å². The summed E-state index contributed by atoms with van der Waals surface area (Å²) in [6.45, 7) is 4.59. The van der Waals surface area contributed by atoms with Gasteiger partial charge in [-0.1, -0.05) is 18.2 Å². The molecule has 0 radical (unpaired) electrons. The Morgan fingerprint density at radius 3 is 2.39 bits per heavy atom. The molecule has 0 unspecified atom stereocenters. The summed E-state index contributed by atoms with van der Waals surface area (Å²) in [6.07, 6.45) is 2.71. The number of fused-ring (bicyclic) bond motifs is 1. The Bertz CT molecular complexity index is 796. The van der Waals surface area contributed by atoms with Gasteiger partial charge in [0.1, 0.15) is 6.54 Å². The van der Waals surface area contributed by atoms with Crippen LogP contribution in [0.5, 0.6) is 0 Å². The first-order valence-electron chi connectivity index (χ1n) is 7.47. The molecule has 23 heavy (non-hydrogen) atoms. The topological polar surface area (TPSA) is 70.6 Å². The molecule has 2 rings (SSSR count). The summed E-state index contributed by atoms with van der Waals surface area (Å²) in [5.41, 5.74) is 0.985. The number of anilines is 1. The third kappa shape index (κ3) is 3.79. The van der Waals surface area contributed by atoms with E-state index in [9.17, 15) is 13.2 Å². The van der Waals surface area contributed by atoms with Gasteiger partial charge in [-0.05, 0) is 26.0 Å². The van der Waals surface area contributed by atoms with Crippen molar-refractivity contribution >= 4 is 32.5 Å². The van der Waals surface area contributed by atoms with Crippen LogP contribution in [0.25, 0.3) is 10.9 Å². The number of likely N-dealkylation sites (N-methyl/N-ethyl adjacent to an activating group) is 1. The van der Waals surface area contributed by atoms with Crippen molar-refractivity contribution in [1.82, 2.24) is 9.88 Å². The number of pyridine rings is 1. The highest BCUT2D eigenvalue weighted by Crippen LogP contribution is 2.26. The van der Waals surface area contributed by atoms with Crippen LogP contribution in [0.3, 0.4) is 0 Å². The van der Waals surface area contributed by atoms with Gasteiger partial charge in [0.05, 0.1) is 17.5 Å². The Morgan fingerprint density at radius 1 is 1.13 bits per heavy atom. The number of hydrogen-bond acceptors (Lipinski definition) is 4. The average molecular weight is 335 g/mol. The third-order valence-electron chi connectivity index (χ3n) is 3.68. The van der Waals surface area contributed by atoms with Gasteiger partial charge in [-0.15, -0.1) is 0 Å². The van der Waals surface area contributed by atoms with Crippen molar-refractivity contribution in [3.05, 3.63) is 36.5 Å². The molecule has 1 heterocycles. The second kappa shape index (κ2) is 6.95. The van der Waals surface area contributed by atoms with E-state index in [2.05, 4.69) is 4.98 Å². The molecule has 0 fully saturated rings. The molecule has 0 saturated carbocycles. The minimum atomic E-state index is -3.61. The van der Waals surface area contributed by atoms with E-state index in [1.165, 1.54) is 0 Å². The summed E-state index contributed by atoms with van der Waals surface area (Å²) in [5, 5.41) is 0.828. The number of benzene rings is 1.